The normalized spacial score (nSPS) is 13.7. The summed E-state index contributed by atoms with van der Waals surface area (Å²) in [5.74, 6) is -2.60. The van der Waals surface area contributed by atoms with Crippen LogP contribution in [-0.4, -0.2) is 83.5 Å². The number of carbonyl (C=O) groups excluding carboxylic acids is 1. The summed E-state index contributed by atoms with van der Waals surface area (Å²) in [6, 6.07) is 8.69. The molecular formula is C28H37ClF2N3O4PS+2. The monoisotopic (exact) mass is 615 g/mol. The summed E-state index contributed by atoms with van der Waals surface area (Å²) < 4.78 is 55.6. The van der Waals surface area contributed by atoms with Gasteiger partial charge >= 0.3 is 7.60 Å². The molecule has 2 aromatic carbocycles. The predicted octanol–water partition coefficient (Wildman–Crippen LogP) is 6.30. The molecule has 1 amide bonds. The number of likely N-dealkylation sites (N-methyl/N-ethyl adjacent to an activating group) is 2. The minimum Gasteiger partial charge on any atom is -0.332 e. The standard InChI is InChI=1S/C28H36ClF2N3O4PS/c1-33(2,3)13-15-37-39(36,38-16-14-34(4,5)6)27(23-19-40-26-10-8-21(29)18-22(23)26)28(35)32-12-11-20-7-9-24(30)25(31)17-20/h7-12,17-19,27H,13-16H2,1-6H3/q+1/p+1. The number of nitrogens with one attached hydrogen (secondary N) is 1. The number of rotatable bonds is 13. The molecule has 3 rings (SSSR count). The van der Waals surface area contributed by atoms with Crippen LogP contribution >= 0.6 is 30.5 Å². The Morgan fingerprint density at radius 3 is 2.20 bits per heavy atom. The summed E-state index contributed by atoms with van der Waals surface area (Å²) in [5.41, 5.74) is -0.501. The van der Waals surface area contributed by atoms with Crippen LogP contribution in [0.15, 0.2) is 48.0 Å². The molecule has 12 heteroatoms. The van der Waals surface area contributed by atoms with E-state index in [1.807, 2.05) is 48.4 Å². The number of carbonyl (C=O) groups is 1. The van der Waals surface area contributed by atoms with Crippen LogP contribution in [0.4, 0.5) is 8.78 Å². The van der Waals surface area contributed by atoms with Crippen LogP contribution in [0.3, 0.4) is 0 Å². The van der Waals surface area contributed by atoms with Gasteiger partial charge in [0.15, 0.2) is 17.3 Å². The molecule has 0 saturated heterocycles. The van der Waals surface area contributed by atoms with E-state index in [9.17, 15) is 18.1 Å². The van der Waals surface area contributed by atoms with Crippen LogP contribution in [-0.2, 0) is 18.4 Å². The van der Waals surface area contributed by atoms with Gasteiger partial charge in [-0.3, -0.25) is 9.36 Å². The van der Waals surface area contributed by atoms with E-state index in [4.69, 9.17) is 20.6 Å². The average molecular weight is 616 g/mol. The first-order valence-electron chi connectivity index (χ1n) is 12.7. The molecule has 0 fully saturated rings. The Hall–Kier alpha value is -2.17. The van der Waals surface area contributed by atoms with Gasteiger partial charge in [0.2, 0.25) is 5.91 Å². The van der Waals surface area contributed by atoms with Crippen LogP contribution in [0.2, 0.25) is 5.02 Å². The highest BCUT2D eigenvalue weighted by Crippen LogP contribution is 2.62. The predicted molar refractivity (Wildman–Crippen MR) is 158 cm³/mol. The first-order chi connectivity index (χ1) is 18.6. The molecule has 0 aliphatic rings. The maximum absolute atomic E-state index is 14.6. The van der Waals surface area contributed by atoms with E-state index in [2.05, 4.69) is 5.32 Å². The molecule has 3 aromatic rings. The largest absolute Gasteiger partial charge is 0.348 e. The third-order valence-corrected chi connectivity index (χ3v) is 9.38. The molecule has 0 spiro atoms. The highest BCUT2D eigenvalue weighted by atomic mass is 35.5. The zero-order valence-electron chi connectivity index (χ0n) is 23.6. The van der Waals surface area contributed by atoms with E-state index in [-0.39, 0.29) is 13.2 Å². The third kappa shape index (κ3) is 9.17. The van der Waals surface area contributed by atoms with Gasteiger partial charge in [-0.05, 0) is 58.3 Å². The first-order valence-corrected chi connectivity index (χ1v) is 15.5. The van der Waals surface area contributed by atoms with Crippen molar-refractivity contribution in [2.45, 2.75) is 5.66 Å². The number of hydrogen-bond acceptors (Lipinski definition) is 5. The summed E-state index contributed by atoms with van der Waals surface area (Å²) in [7, 11) is 7.78. The molecule has 0 bridgehead atoms. The van der Waals surface area contributed by atoms with Crippen molar-refractivity contribution in [3.63, 3.8) is 0 Å². The van der Waals surface area contributed by atoms with Crippen molar-refractivity contribution in [2.75, 3.05) is 68.6 Å². The number of thiophene rings is 1. The Kier molecular flexibility index (Phi) is 10.7. The van der Waals surface area contributed by atoms with Crippen LogP contribution in [0.1, 0.15) is 16.8 Å². The SMILES string of the molecule is C[N+](C)(C)CCOP(=O)(OCC[N+](C)(C)C)C(C(=O)NC=Cc1ccc(F)c(F)c1)c1csc2ccc(Cl)cc12. The summed E-state index contributed by atoms with van der Waals surface area (Å²) >= 11 is 7.68. The van der Waals surface area contributed by atoms with Gasteiger partial charge in [0.25, 0.3) is 0 Å². The molecular weight excluding hydrogens is 579 g/mol. The Bertz CT molecular complexity index is 1390. The zero-order chi connectivity index (χ0) is 29.7. The van der Waals surface area contributed by atoms with E-state index in [0.29, 0.717) is 43.6 Å². The van der Waals surface area contributed by atoms with Crippen LogP contribution in [0, 0.1) is 11.6 Å². The molecule has 1 aromatic heterocycles. The van der Waals surface area contributed by atoms with E-state index in [0.717, 1.165) is 16.8 Å². The van der Waals surface area contributed by atoms with Crippen LogP contribution in [0.5, 0.6) is 0 Å². The van der Waals surface area contributed by atoms with Crippen LogP contribution in [0.25, 0.3) is 16.2 Å². The first kappa shape index (κ1) is 32.3. The molecule has 0 saturated carbocycles. The molecule has 0 aliphatic heterocycles. The van der Waals surface area contributed by atoms with Crippen molar-refractivity contribution < 1.29 is 36.2 Å². The van der Waals surface area contributed by atoms with E-state index < -0.39 is 30.8 Å². The van der Waals surface area contributed by atoms with Gasteiger partial charge < -0.3 is 23.3 Å². The van der Waals surface area contributed by atoms with E-state index in [1.54, 1.807) is 17.5 Å². The number of benzene rings is 2. The summed E-state index contributed by atoms with van der Waals surface area (Å²) in [6.45, 7) is 1.26. The van der Waals surface area contributed by atoms with Crippen molar-refractivity contribution in [1.82, 2.24) is 5.32 Å². The lowest BCUT2D eigenvalue weighted by atomic mass is 10.1. The van der Waals surface area contributed by atoms with Gasteiger partial charge in [0.05, 0.1) is 42.3 Å². The number of quaternary nitrogens is 2. The van der Waals surface area contributed by atoms with Crippen molar-refractivity contribution in [1.29, 1.82) is 0 Å². The minimum absolute atomic E-state index is 0.0997. The smallest absolute Gasteiger partial charge is 0.332 e. The van der Waals surface area contributed by atoms with E-state index >= 15 is 0 Å². The molecule has 0 radical (unpaired) electrons. The molecule has 218 valence electrons. The number of hydrogen-bond donors (Lipinski definition) is 1. The molecule has 1 unspecified atom stereocenters. The molecule has 1 atom stereocenters. The van der Waals surface area contributed by atoms with Gasteiger partial charge in [-0.2, -0.15) is 0 Å². The quantitative estimate of drug-likeness (QED) is 0.181. The average Bonchev–Trinajstić information content (AvgIpc) is 3.22. The highest BCUT2D eigenvalue weighted by Gasteiger charge is 2.44. The maximum Gasteiger partial charge on any atom is 0.348 e. The minimum atomic E-state index is -4.10. The van der Waals surface area contributed by atoms with E-state index in [1.165, 1.54) is 29.7 Å². The van der Waals surface area contributed by atoms with Gasteiger partial charge in [-0.1, -0.05) is 17.7 Å². The van der Waals surface area contributed by atoms with Crippen LogP contribution < -0.4 is 5.32 Å². The lowest BCUT2D eigenvalue weighted by Gasteiger charge is -2.30. The molecule has 1 heterocycles. The second-order valence-electron chi connectivity index (χ2n) is 11.5. The Morgan fingerprint density at radius 2 is 1.62 bits per heavy atom. The van der Waals surface area contributed by atoms with Crippen molar-refractivity contribution in [2.24, 2.45) is 0 Å². The maximum atomic E-state index is 14.6. The topological polar surface area (TPSA) is 64.6 Å². The molecule has 40 heavy (non-hydrogen) atoms. The summed E-state index contributed by atoms with van der Waals surface area (Å²) in [4.78, 5) is 13.8. The molecule has 0 aliphatic carbocycles. The highest BCUT2D eigenvalue weighted by molar-refractivity contribution is 7.55. The van der Waals surface area contributed by atoms with Crippen molar-refractivity contribution >= 4 is 52.6 Å². The van der Waals surface area contributed by atoms with Gasteiger partial charge in [0, 0.05) is 15.9 Å². The summed E-state index contributed by atoms with van der Waals surface area (Å²) in [5, 5.41) is 5.56. The lowest BCUT2D eigenvalue weighted by Crippen LogP contribution is -2.38. The number of nitrogens with zero attached hydrogens (tertiary/aromatic N) is 2. The van der Waals surface area contributed by atoms with Gasteiger partial charge in [-0.25, -0.2) is 8.78 Å². The third-order valence-electron chi connectivity index (χ3n) is 5.94. The fourth-order valence-electron chi connectivity index (χ4n) is 3.67. The summed E-state index contributed by atoms with van der Waals surface area (Å²) in [6.07, 6.45) is 2.72. The van der Waals surface area contributed by atoms with Gasteiger partial charge in [-0.15, -0.1) is 11.3 Å². The fourth-order valence-corrected chi connectivity index (χ4v) is 6.87. The Labute approximate surface area is 243 Å². The number of amides is 1. The second-order valence-corrected chi connectivity index (χ2v) is 14.9. The fraction of sp³-hybridized carbons (Fsp3) is 0.393. The zero-order valence-corrected chi connectivity index (χ0v) is 26.1. The number of fused-ring (bicyclic) bond motifs is 1. The van der Waals surface area contributed by atoms with Gasteiger partial charge in [0.1, 0.15) is 26.3 Å². The van der Waals surface area contributed by atoms with Crippen molar-refractivity contribution in [3.8, 4) is 0 Å². The Balaban J connectivity index is 2.02. The number of halogens is 3. The Morgan fingerprint density at radius 1 is 1.00 bits per heavy atom. The molecule has 1 N–H and O–H groups in total. The molecule has 7 nitrogen and oxygen atoms in total. The lowest BCUT2D eigenvalue weighted by molar-refractivity contribution is -0.870. The second kappa shape index (κ2) is 13.2. The van der Waals surface area contributed by atoms with Crippen molar-refractivity contribution in [3.05, 3.63) is 75.8 Å².